The Labute approximate surface area is 520 Å². The van der Waals surface area contributed by atoms with Gasteiger partial charge in [0.15, 0.2) is 0 Å². The van der Waals surface area contributed by atoms with Gasteiger partial charge in [-0.05, 0) is 50.9 Å². The summed E-state index contributed by atoms with van der Waals surface area (Å²) >= 11 is 0. The van der Waals surface area contributed by atoms with E-state index in [1.807, 2.05) is 121 Å². The Morgan fingerprint density at radius 1 is 0.315 bits per heavy atom. The number of rotatable bonds is 38. The minimum atomic E-state index is -5.03. The number of phosphoric acid groups is 2. The highest BCUT2D eigenvalue weighted by Gasteiger charge is 2.61. The third-order valence-electron chi connectivity index (χ3n) is 14.1. The van der Waals surface area contributed by atoms with Gasteiger partial charge in [-0.25, -0.2) is 9.13 Å². The molecule has 21 heteroatoms. The average molecular weight is 1270 g/mol. The first kappa shape index (κ1) is 67.2. The van der Waals surface area contributed by atoms with E-state index in [1.54, 1.807) is 121 Å². The number of ether oxygens (including phenoxy) is 5. The molecule has 0 radical (unpaired) electrons. The largest absolute Gasteiger partial charge is 0.475 e. The van der Waals surface area contributed by atoms with Crippen molar-refractivity contribution in [1.29, 1.82) is 0 Å². The number of benzene rings is 8. The van der Waals surface area contributed by atoms with Gasteiger partial charge in [0.05, 0.1) is 71.7 Å². The van der Waals surface area contributed by atoms with Crippen molar-refractivity contribution in [3.05, 3.63) is 287 Å². The van der Waals surface area contributed by atoms with E-state index in [0.717, 1.165) is 11.1 Å². The molecular weight excluding hydrogens is 1200 g/mol. The quantitative estimate of drug-likeness (QED) is 0.0209. The Morgan fingerprint density at radius 3 is 0.888 bits per heavy atom. The van der Waals surface area contributed by atoms with Gasteiger partial charge in [0.25, 0.3) is 0 Å². The van der Waals surface area contributed by atoms with Gasteiger partial charge in [-0.15, -0.1) is 0 Å². The van der Waals surface area contributed by atoms with Crippen molar-refractivity contribution in [2.75, 3.05) is 26.4 Å². The van der Waals surface area contributed by atoms with E-state index in [-0.39, 0.29) is 59.3 Å². The summed E-state index contributed by atoms with van der Waals surface area (Å²) in [6, 6.07) is 72.7. The van der Waals surface area contributed by atoms with E-state index in [9.17, 15) is 10.2 Å². The molecule has 8 atom stereocenters. The van der Waals surface area contributed by atoms with Crippen LogP contribution in [-0.4, -0.2) is 79.3 Å². The van der Waals surface area contributed by atoms with E-state index >= 15 is 13.7 Å². The highest BCUT2D eigenvalue weighted by molar-refractivity contribution is 7.53. The lowest BCUT2D eigenvalue weighted by molar-refractivity contribution is -0.274. The second-order valence-corrected chi connectivity index (χ2v) is 26.2. The van der Waals surface area contributed by atoms with Crippen LogP contribution in [-0.2, 0) is 126 Å². The maximum Gasteiger partial charge on any atom is 0.475 e. The summed E-state index contributed by atoms with van der Waals surface area (Å²) in [6.45, 7) is -3.19. The first-order valence-electron chi connectivity index (χ1n) is 29.2. The Morgan fingerprint density at radius 2 is 0.573 bits per heavy atom. The maximum absolute atomic E-state index is 16.2. The second kappa shape index (κ2) is 35.5. The molecule has 18 nitrogen and oxygen atoms in total. The van der Waals surface area contributed by atoms with Crippen LogP contribution in [0.1, 0.15) is 50.9 Å². The predicted molar refractivity (Wildman–Crippen MR) is 333 cm³/mol. The van der Waals surface area contributed by atoms with Crippen LogP contribution in [0.4, 0.5) is 0 Å². The van der Waals surface area contributed by atoms with Crippen LogP contribution in [0.2, 0.25) is 0 Å². The molecule has 2 N–H and O–H groups in total. The molecule has 1 fully saturated rings. The smallest absolute Gasteiger partial charge is 0.394 e. The molecule has 1 aliphatic carbocycles. The molecule has 0 amide bonds. The average Bonchev–Trinajstić information content (AvgIpc) is 1.09. The molecule has 9 rings (SSSR count). The van der Waals surface area contributed by atoms with E-state index < -0.39 is 92.3 Å². The normalized spacial score (nSPS) is 18.9. The summed E-state index contributed by atoms with van der Waals surface area (Å²) in [7, 11) is -14.6. The lowest BCUT2D eigenvalue weighted by Crippen LogP contribution is -2.67. The van der Waals surface area contributed by atoms with Crippen molar-refractivity contribution < 1.29 is 83.8 Å². The van der Waals surface area contributed by atoms with Crippen LogP contribution in [0.3, 0.4) is 0 Å². The van der Waals surface area contributed by atoms with Crippen molar-refractivity contribution in [3.63, 3.8) is 0 Å². The molecule has 89 heavy (non-hydrogen) atoms. The monoisotopic (exact) mass is 1270 g/mol. The predicted octanol–water partition coefficient (Wildman–Crippen LogP) is 14.1. The van der Waals surface area contributed by atoms with Crippen LogP contribution in [0, 0.1) is 0 Å². The van der Waals surface area contributed by atoms with Crippen LogP contribution >= 0.6 is 23.2 Å². The summed E-state index contributed by atoms with van der Waals surface area (Å²) in [5.74, 6) is 0. The standard InChI is InChI=1S/C68H75O18P3/c69-43-62(70)41-42-87(71,79-47-57-31-15-4-16-32-57)84-66-64(77-52-74-44-54-25-9-1-10-26-54)63(76-46-56-29-13-3-14-30-56)67(85-88(72,80-48-58-33-17-5-18-34-58)81-49-59-35-19-6-20-36-59)68(65(66)78-53-75-45-55-27-11-2-12-28-55)86-89(73,82-50-60-37-21-7-22-38-60)83-51-61-39-23-8-24-40-61/h1-40,62-70H,41-53H2/t62-,63-,64+,65-,66+,67+,68+,87?/m0/s1. The van der Waals surface area contributed by atoms with E-state index in [0.29, 0.717) is 33.4 Å². The zero-order valence-corrected chi connectivity index (χ0v) is 51.8. The van der Waals surface area contributed by atoms with Gasteiger partial charge < -0.3 is 38.4 Å². The highest BCUT2D eigenvalue weighted by atomic mass is 31.2. The van der Waals surface area contributed by atoms with Crippen molar-refractivity contribution in [2.45, 2.75) is 102 Å². The summed E-state index contributed by atoms with van der Waals surface area (Å²) in [6.07, 6.45) is -12.4. The molecule has 8 aromatic carbocycles. The van der Waals surface area contributed by atoms with Gasteiger partial charge in [-0.2, -0.15) is 0 Å². The first-order valence-corrected chi connectivity index (χ1v) is 33.9. The Balaban J connectivity index is 1.23. The molecule has 8 aromatic rings. The number of aliphatic hydroxyl groups is 2. The molecule has 470 valence electrons. The minimum absolute atomic E-state index is 0.0348. The van der Waals surface area contributed by atoms with Crippen molar-refractivity contribution in [1.82, 2.24) is 0 Å². The first-order chi connectivity index (χ1) is 43.5. The van der Waals surface area contributed by atoms with E-state index in [4.69, 9.17) is 59.9 Å². The van der Waals surface area contributed by atoms with Gasteiger partial charge in [0.1, 0.15) is 50.2 Å². The molecule has 0 saturated heterocycles. The van der Waals surface area contributed by atoms with Gasteiger partial charge in [-0.3, -0.25) is 36.2 Å². The van der Waals surface area contributed by atoms with Gasteiger partial charge in [0, 0.05) is 0 Å². The van der Waals surface area contributed by atoms with Crippen molar-refractivity contribution in [3.8, 4) is 0 Å². The maximum atomic E-state index is 16.2. The zero-order chi connectivity index (χ0) is 61.8. The molecular formula is C68H75O18P3. The zero-order valence-electron chi connectivity index (χ0n) is 49.1. The number of hydrogen-bond acceptors (Lipinski definition) is 18. The SMILES string of the molecule is O=P(CC[C@H](O)CO)(OCc1ccccc1)O[C@@H]1[C@H](OCOCc2ccccc2)[C@H](OCc2ccccc2)[C@@H](OP(=O)(OCc2ccccc2)OCc2ccccc2)[C@H](OP(=O)(OCc2ccccc2)OCc2ccccc2)[C@H]1OCOCc1ccccc1. The molecule has 0 aliphatic heterocycles. The van der Waals surface area contributed by atoms with Crippen LogP contribution in [0.15, 0.2) is 243 Å². The highest BCUT2D eigenvalue weighted by Crippen LogP contribution is 2.60. The lowest BCUT2D eigenvalue weighted by atomic mass is 9.84. The molecule has 0 heterocycles. The third kappa shape index (κ3) is 22.0. The van der Waals surface area contributed by atoms with Gasteiger partial charge in [0.2, 0.25) is 0 Å². The number of hydrogen-bond donors (Lipinski definition) is 2. The Hall–Kier alpha value is -6.15. The second-order valence-electron chi connectivity index (χ2n) is 20.8. The Bertz CT molecular complexity index is 3290. The van der Waals surface area contributed by atoms with Crippen molar-refractivity contribution in [2.24, 2.45) is 0 Å². The molecule has 1 aliphatic rings. The fraction of sp³-hybridized carbons (Fsp3) is 0.294. The topological polar surface area (TPSA) is 212 Å². The van der Waals surface area contributed by atoms with Gasteiger partial charge >= 0.3 is 23.2 Å². The molecule has 1 saturated carbocycles. The Kier molecular flexibility index (Phi) is 26.8. The fourth-order valence-corrected chi connectivity index (χ4v) is 14.0. The molecule has 0 bridgehead atoms. The summed E-state index contributed by atoms with van der Waals surface area (Å²) in [4.78, 5) is 0. The summed E-state index contributed by atoms with van der Waals surface area (Å²) in [5, 5.41) is 21.0. The molecule has 0 aromatic heterocycles. The third-order valence-corrected chi connectivity index (χ3v) is 18.7. The van der Waals surface area contributed by atoms with Crippen LogP contribution < -0.4 is 0 Å². The van der Waals surface area contributed by atoms with E-state index in [1.165, 1.54) is 0 Å². The lowest BCUT2D eigenvalue weighted by Gasteiger charge is -2.50. The van der Waals surface area contributed by atoms with Crippen LogP contribution in [0.5, 0.6) is 0 Å². The summed E-state index contributed by atoms with van der Waals surface area (Å²) in [5.41, 5.74) is 5.31. The van der Waals surface area contributed by atoms with Gasteiger partial charge in [-0.1, -0.05) is 243 Å². The minimum Gasteiger partial charge on any atom is -0.394 e. The fourth-order valence-electron chi connectivity index (χ4n) is 9.42. The molecule has 1 unspecified atom stereocenters. The summed E-state index contributed by atoms with van der Waals surface area (Å²) < 4.78 is 134. The van der Waals surface area contributed by atoms with Crippen LogP contribution in [0.25, 0.3) is 0 Å². The molecule has 0 spiro atoms. The number of aliphatic hydroxyl groups excluding tert-OH is 2. The van der Waals surface area contributed by atoms with E-state index in [2.05, 4.69) is 0 Å². The van der Waals surface area contributed by atoms with Crippen molar-refractivity contribution >= 4 is 23.2 Å². The number of phosphoric ester groups is 2.